The number of hydrogen-bond acceptors (Lipinski definition) is 32. The van der Waals surface area contributed by atoms with Gasteiger partial charge in [-0.2, -0.15) is 0 Å². The molecule has 0 spiro atoms. The maximum Gasteiger partial charge on any atom is 0.530 e. The van der Waals surface area contributed by atoms with E-state index in [2.05, 4.69) is 11.9 Å². The van der Waals surface area contributed by atoms with Gasteiger partial charge in [0, 0.05) is 72.7 Å². The van der Waals surface area contributed by atoms with Crippen LogP contribution in [0.2, 0.25) is 15.1 Å². The van der Waals surface area contributed by atoms with Gasteiger partial charge in [-0.25, -0.2) is 50.2 Å². The molecule has 9 aliphatic rings. The van der Waals surface area contributed by atoms with Crippen LogP contribution in [0.5, 0.6) is 23.0 Å². The number of halogens is 8. The van der Waals surface area contributed by atoms with Gasteiger partial charge in [-0.1, -0.05) is 126 Å². The lowest BCUT2D eigenvalue weighted by molar-refractivity contribution is -0.184. The van der Waals surface area contributed by atoms with Gasteiger partial charge in [-0.15, -0.1) is 0 Å². The molecule has 51 heteroatoms. The van der Waals surface area contributed by atoms with Crippen LogP contribution < -0.4 is 57.2 Å². The normalized spacial score (nSPS) is 34.3. The maximum absolute atomic E-state index is 15.7. The van der Waals surface area contributed by atoms with Crippen molar-refractivity contribution >= 4 is 83.6 Å². The summed E-state index contributed by atoms with van der Waals surface area (Å²) in [6, 6.07) is 25.9. The summed E-state index contributed by atoms with van der Waals surface area (Å²) in [7, 11) is -17.6. The van der Waals surface area contributed by atoms with Gasteiger partial charge >= 0.3 is 48.4 Å². The summed E-state index contributed by atoms with van der Waals surface area (Å²) in [4.78, 5) is 88.0. The van der Waals surface area contributed by atoms with Crippen molar-refractivity contribution in [2.24, 2.45) is 0 Å². The summed E-state index contributed by atoms with van der Waals surface area (Å²) in [5.74, 6) is -12.6. The van der Waals surface area contributed by atoms with E-state index in [0.29, 0.717) is 31.4 Å². The van der Waals surface area contributed by atoms with Gasteiger partial charge < -0.3 is 67.7 Å². The molecular weight excluding hydrogens is 1730 g/mol. The first kappa shape index (κ1) is 77.9. The monoisotopic (exact) mass is 1800 g/mol. The number of aliphatic hydroxyl groups is 4. The van der Waals surface area contributed by atoms with Gasteiger partial charge in [-0.3, -0.25) is 84.0 Å². The Hall–Kier alpha value is -7.97. The summed E-state index contributed by atoms with van der Waals surface area (Å²) in [5, 5.41) is 41.5. The number of nitrogens with one attached hydrogen (secondary N) is 4. The molecule has 16 rings (SSSR count). The van der Waals surface area contributed by atoms with Crippen molar-refractivity contribution in [1.82, 2.24) is 38.9 Å². The van der Waals surface area contributed by atoms with Gasteiger partial charge in [0.15, 0.2) is 24.9 Å². The zero-order chi connectivity index (χ0) is 88.7. The lowest BCUT2D eigenvalue weighted by Crippen LogP contribution is -2.46. The Kier molecular flexibility index (Phi) is 22.9. The van der Waals surface area contributed by atoms with E-state index in [9.17, 15) is 72.2 Å². The van der Waals surface area contributed by atoms with E-state index >= 15 is 17.6 Å². The molecule has 0 radical (unpaired) electrons. The van der Waals surface area contributed by atoms with Crippen molar-refractivity contribution < 1.29 is 142 Å². The zero-order valence-corrected chi connectivity index (χ0v) is 64.8. The van der Waals surface area contributed by atoms with Crippen molar-refractivity contribution in [2.45, 2.75) is 125 Å². The van der Waals surface area contributed by atoms with E-state index in [-0.39, 0.29) is 60.3 Å². The van der Waals surface area contributed by atoms with E-state index < -0.39 is 211 Å². The number of amides is 1. The number of fused-ring (bicyclic) bond motifs is 4. The van der Waals surface area contributed by atoms with E-state index in [0.717, 1.165) is 34.3 Å². The van der Waals surface area contributed by atoms with Crippen LogP contribution in [-0.4, -0.2) is 140 Å². The van der Waals surface area contributed by atoms with E-state index in [1.165, 1.54) is 18.2 Å². The molecule has 8 N–H and O–H groups in total. The summed E-state index contributed by atoms with van der Waals surface area (Å²) in [5.41, 5.74) is -3.52. The number of ether oxygens (including phenoxy) is 4. The number of alkyl halides is 4. The van der Waals surface area contributed by atoms with E-state index in [1.54, 1.807) is 78.9 Å². The second kappa shape index (κ2) is 34.0. The molecule has 1 amide bonds. The van der Waals surface area contributed by atoms with Crippen molar-refractivity contribution in [2.75, 3.05) is 26.3 Å². The number of aliphatic hydroxyl groups excluding tert-OH is 4. The molecule has 4 aromatic carbocycles. The topological polar surface area (TPSA) is 494 Å². The quantitative estimate of drug-likeness (QED) is 0.0334. The third-order valence-corrected chi connectivity index (χ3v) is 22.9. The highest BCUT2D eigenvalue weighted by molar-refractivity contribution is 7.49. The molecule has 4 unspecified atom stereocenters. The molecule has 7 aromatic rings. The van der Waals surface area contributed by atoms with Gasteiger partial charge in [0.2, 0.25) is 23.4 Å². The number of aromatic nitrogens is 6. The largest absolute Gasteiger partial charge is 0.530 e. The Bertz CT molecular complexity index is 5940. The SMILES string of the molecule is O=c1[nH]c(=O)n([C@@H]2O[C@](F)(COP3(=O)OCc4ccccc4O3)C[C@H]2O)cc1Cl.[2H]C([2H])(OP1(=O)OCc2ccccc2O1)[C@]1(F)C[C@@H](O)[C@H](n2cc(Cl)c(=O)[nH]c2=O)O1.[2H]C([2H])(OP1(=O)OCc2ccccc2O1)[C@]1(F)C[C@@H](O)[C@]([2H])(N2C=C(Cl)C(=O)NC2=C)O1.[2H][C@@]1(n2cc(Cl)c(=O)[nH]c2=O)O[C@](F)(COP2(=O)OCc3ccccc3O2)C[C@H]1O. The Morgan fingerprint density at radius 1 is 0.466 bits per heavy atom. The van der Waals surface area contributed by atoms with Crippen molar-refractivity contribution in [3.63, 3.8) is 0 Å². The van der Waals surface area contributed by atoms with Crippen LogP contribution in [0.25, 0.3) is 0 Å². The highest BCUT2D eigenvalue weighted by Gasteiger charge is 2.56. The van der Waals surface area contributed by atoms with Crippen LogP contribution in [0, 0.1) is 0 Å². The Morgan fingerprint density at radius 3 is 1.19 bits per heavy atom. The van der Waals surface area contributed by atoms with Crippen molar-refractivity contribution in [1.29, 1.82) is 0 Å². The first-order chi connectivity index (χ1) is 56.9. The predicted molar refractivity (Wildman–Crippen MR) is 387 cm³/mol. The van der Waals surface area contributed by atoms with Crippen LogP contribution in [0.1, 0.15) is 74.8 Å². The molecule has 4 fully saturated rings. The first-order valence-electron chi connectivity index (χ1n) is 36.2. The summed E-state index contributed by atoms with van der Waals surface area (Å²) < 4.78 is 243. The Balaban J connectivity index is 0.000000140. The molecular formula is C65H62Cl4F4N8O31P4. The predicted octanol–water partition coefficient (Wildman–Crippen LogP) is 8.09. The molecule has 0 bridgehead atoms. The third kappa shape index (κ3) is 19.6. The zero-order valence-electron chi connectivity index (χ0n) is 64.2. The number of benzene rings is 4. The molecule has 4 saturated heterocycles. The minimum absolute atomic E-state index is 0.0515. The number of carbonyl (C=O) groups excluding carboxylic acids is 1. The number of phosphoric ester groups is 4. The first-order valence-corrected chi connectivity index (χ1v) is 40.5. The van der Waals surface area contributed by atoms with E-state index in [4.69, 9.17) is 128 Å². The number of phosphoric acid groups is 4. The fourth-order valence-corrected chi connectivity index (χ4v) is 16.7. The Labute approximate surface area is 675 Å². The lowest BCUT2D eigenvalue weighted by Gasteiger charge is -2.33. The Morgan fingerprint density at radius 2 is 0.776 bits per heavy atom. The molecule has 624 valence electrons. The van der Waals surface area contributed by atoms with Crippen molar-refractivity contribution in [3.8, 4) is 23.0 Å². The highest BCUT2D eigenvalue weighted by atomic mass is 35.5. The van der Waals surface area contributed by atoms with Crippen LogP contribution in [0.4, 0.5) is 17.6 Å². The van der Waals surface area contributed by atoms with Gasteiger partial charge in [0.25, 0.3) is 22.6 Å². The second-order valence-electron chi connectivity index (χ2n) is 25.4. The number of aromatic amines is 3. The fourth-order valence-electron chi connectivity index (χ4n) is 11.4. The molecule has 16 atom stereocenters. The van der Waals surface area contributed by atoms with Crippen LogP contribution in [0.15, 0.2) is 168 Å². The number of nitrogens with zero attached hydrogens (tertiary/aromatic N) is 4. The summed E-state index contributed by atoms with van der Waals surface area (Å²) >= 11 is 22.7. The van der Waals surface area contributed by atoms with Crippen LogP contribution in [0.3, 0.4) is 0 Å². The molecule has 12 heterocycles. The molecule has 116 heavy (non-hydrogen) atoms. The molecule has 0 saturated carbocycles. The number of para-hydroxylation sites is 4. The standard InChI is InChI=1S/C17H17ClFN2O7P.3C16H15ClFN2O8P/c1-10-20-15(23)12(18)7-21(10)16-13(22)6-17(19,27-16)9-26-29(24)25-8-11-4-2-3-5-14(11)28-29;3*17-10-6-20(15(23)19-13(10)22)14-11(21)5-16(18,27-14)8-26-29(24)25-7-9-3-1-2-4-12(9)28-29/h2-5,7,13,16,22H,1,6,8-9H2,(H,20,23);3*1-4,6,11,14,21H,5,7-8H2,(H,19,22,23)/t13-,16-,17+,29?;3*11-,14-,16+,29?/m1111/s1/i9D2,16D;14D;8D2;. The molecule has 9 aliphatic heterocycles. The summed E-state index contributed by atoms with van der Waals surface area (Å²) in [6.07, 6.45) is -15.8. The molecule has 39 nitrogen and oxygen atoms in total. The number of carbonyl (C=O) groups is 1. The molecule has 0 aliphatic carbocycles. The number of rotatable bonds is 16. The fraction of sp³-hybridized carbons (Fsp3) is 0.369. The smallest absolute Gasteiger partial charge is 0.404 e. The van der Waals surface area contributed by atoms with Gasteiger partial charge in [0.05, 0.1) is 34.7 Å². The number of H-pyrrole nitrogens is 3. The number of hydrogen-bond donors (Lipinski definition) is 8. The summed E-state index contributed by atoms with van der Waals surface area (Å²) in [6.45, 7) is -6.02. The average Bonchev–Trinajstić information content (AvgIpc) is 1.57. The minimum Gasteiger partial charge on any atom is -0.404 e. The third-order valence-electron chi connectivity index (χ3n) is 16.9. The highest BCUT2D eigenvalue weighted by Crippen LogP contribution is 2.60. The lowest BCUT2D eigenvalue weighted by atomic mass is 10.1. The van der Waals surface area contributed by atoms with Gasteiger partial charge in [0.1, 0.15) is 99.7 Å². The van der Waals surface area contributed by atoms with Crippen LogP contribution >= 0.6 is 77.7 Å². The van der Waals surface area contributed by atoms with Crippen molar-refractivity contribution in [3.05, 3.63) is 239 Å². The molecule has 3 aromatic heterocycles. The van der Waals surface area contributed by atoms with Crippen LogP contribution in [-0.2, 0) is 105 Å². The van der Waals surface area contributed by atoms with E-state index in [1.807, 2.05) is 15.0 Å². The maximum atomic E-state index is 15.7. The van der Waals surface area contributed by atoms with Gasteiger partial charge in [-0.05, 0) is 24.3 Å². The minimum atomic E-state index is -4.65. The second-order valence-corrected chi connectivity index (χ2v) is 33.2. The average molecular weight is 1800 g/mol.